The zero-order chi connectivity index (χ0) is 30.4. The molecule has 2 fully saturated rings. The Bertz CT molecular complexity index is 1090. The van der Waals surface area contributed by atoms with Gasteiger partial charge in [0.15, 0.2) is 18.7 Å². The van der Waals surface area contributed by atoms with Crippen molar-refractivity contribution in [1.82, 2.24) is 10.6 Å². The molecule has 2 aliphatic heterocycles. The lowest BCUT2D eigenvalue weighted by Gasteiger charge is -2.47. The molecule has 41 heavy (non-hydrogen) atoms. The van der Waals surface area contributed by atoms with Gasteiger partial charge in [0.2, 0.25) is 5.91 Å². The number of methoxy groups -OCH3 is 2. The van der Waals surface area contributed by atoms with Crippen molar-refractivity contribution in [2.24, 2.45) is 0 Å². The van der Waals surface area contributed by atoms with Crippen molar-refractivity contribution in [2.75, 3.05) is 20.8 Å². The fraction of sp³-hybridized carbons (Fsp3) is 0.640. The number of ether oxygens (including phenoxy) is 6. The van der Waals surface area contributed by atoms with Crippen molar-refractivity contribution in [1.29, 1.82) is 0 Å². The molecule has 3 rings (SSSR count). The number of carbonyl (C=O) groups excluding carboxylic acids is 3. The average Bonchev–Trinajstić information content (AvgIpc) is 3.35. The molecule has 5 N–H and O–H groups in total. The Morgan fingerprint density at radius 2 is 1.73 bits per heavy atom. The summed E-state index contributed by atoms with van der Waals surface area (Å²) in [6, 6.07) is 2.62. The first-order chi connectivity index (χ1) is 19.4. The van der Waals surface area contributed by atoms with Gasteiger partial charge in [-0.15, -0.1) is 11.3 Å². The fourth-order valence-electron chi connectivity index (χ4n) is 4.39. The molecule has 0 bridgehead atoms. The van der Waals surface area contributed by atoms with Gasteiger partial charge >= 0.3 is 5.97 Å². The number of amides is 2. The van der Waals surface area contributed by atoms with E-state index < -0.39 is 85.7 Å². The Hall–Kier alpha value is -1.74. The maximum absolute atomic E-state index is 13.1. The van der Waals surface area contributed by atoms with Crippen molar-refractivity contribution in [3.05, 3.63) is 32.0 Å². The van der Waals surface area contributed by atoms with Crippen LogP contribution in [0, 0.1) is 2.88 Å². The largest absolute Gasteiger partial charge is 0.459 e. The van der Waals surface area contributed by atoms with Crippen LogP contribution in [0.5, 0.6) is 0 Å². The molecule has 16 heteroatoms. The second-order valence-corrected chi connectivity index (χ2v) is 12.6. The lowest BCUT2D eigenvalue weighted by Crippen LogP contribution is -2.68. The topological polar surface area (TPSA) is 191 Å². The summed E-state index contributed by atoms with van der Waals surface area (Å²) in [5.41, 5.74) is 0.126. The highest BCUT2D eigenvalue weighted by Crippen LogP contribution is 2.31. The van der Waals surface area contributed by atoms with Gasteiger partial charge in [0.05, 0.1) is 9.43 Å². The highest BCUT2D eigenvalue weighted by Gasteiger charge is 2.53. The summed E-state index contributed by atoms with van der Waals surface area (Å²) < 4.78 is 34.2. The van der Waals surface area contributed by atoms with Gasteiger partial charge in [-0.3, -0.25) is 9.59 Å². The summed E-state index contributed by atoms with van der Waals surface area (Å²) in [5, 5.41) is 38.1. The molecule has 2 amide bonds. The number of nitrogens with one attached hydrogen (secondary N) is 2. The maximum atomic E-state index is 13.1. The molecule has 1 aromatic rings. The van der Waals surface area contributed by atoms with Gasteiger partial charge in [-0.1, -0.05) is 6.58 Å². The molecule has 14 nitrogen and oxygen atoms in total. The van der Waals surface area contributed by atoms with E-state index in [1.807, 2.05) is 12.1 Å². The summed E-state index contributed by atoms with van der Waals surface area (Å²) >= 11 is 3.65. The third-order valence-corrected chi connectivity index (χ3v) is 8.33. The second-order valence-electron chi connectivity index (χ2n) is 9.51. The number of aliphatic hydroxyl groups is 3. The van der Waals surface area contributed by atoms with Gasteiger partial charge in [-0.2, -0.15) is 0 Å². The number of aliphatic hydroxyl groups excluding tert-OH is 3. The van der Waals surface area contributed by atoms with Crippen LogP contribution in [0.15, 0.2) is 24.3 Å². The van der Waals surface area contributed by atoms with Crippen LogP contribution in [-0.2, 0) is 49.3 Å². The van der Waals surface area contributed by atoms with E-state index in [2.05, 4.69) is 39.8 Å². The monoisotopic (exact) mass is 714 g/mol. The van der Waals surface area contributed by atoms with E-state index in [0.29, 0.717) is 0 Å². The van der Waals surface area contributed by atoms with Gasteiger partial charge in [-0.25, -0.2) is 4.79 Å². The summed E-state index contributed by atoms with van der Waals surface area (Å²) in [6.45, 7) is 5.95. The predicted molar refractivity (Wildman–Crippen MR) is 150 cm³/mol. The molecule has 0 spiro atoms. The first kappa shape index (κ1) is 33.8. The smallest absolute Gasteiger partial charge is 0.333 e. The normalized spacial score (nSPS) is 33.6. The van der Waals surface area contributed by atoms with E-state index in [1.54, 1.807) is 0 Å². The van der Waals surface area contributed by atoms with E-state index in [1.165, 1.54) is 39.4 Å². The molecule has 3 heterocycles. The minimum Gasteiger partial charge on any atom is -0.459 e. The Kier molecular flexibility index (Phi) is 12.5. The third kappa shape index (κ3) is 8.43. The predicted octanol–water partition coefficient (Wildman–Crippen LogP) is -0.828. The highest BCUT2D eigenvalue weighted by atomic mass is 127. The third-order valence-electron chi connectivity index (χ3n) is 6.44. The van der Waals surface area contributed by atoms with Crippen molar-refractivity contribution in [3.63, 3.8) is 0 Å². The number of thiophene rings is 1. The van der Waals surface area contributed by atoms with E-state index in [-0.39, 0.29) is 12.1 Å². The molecule has 0 radical (unpaired) electrons. The molecule has 0 aliphatic carbocycles. The molecule has 10 atom stereocenters. The number of carbonyl (C=O) groups is 3. The Morgan fingerprint density at radius 3 is 2.29 bits per heavy atom. The number of hydrogen-bond acceptors (Lipinski definition) is 13. The van der Waals surface area contributed by atoms with E-state index in [9.17, 15) is 29.7 Å². The lowest BCUT2D eigenvalue weighted by molar-refractivity contribution is -0.338. The molecule has 2 saturated heterocycles. The summed E-state index contributed by atoms with van der Waals surface area (Å²) in [7, 11) is 2.54. The van der Waals surface area contributed by atoms with Crippen LogP contribution in [0.4, 0.5) is 0 Å². The summed E-state index contributed by atoms with van der Waals surface area (Å²) in [4.78, 5) is 37.9. The van der Waals surface area contributed by atoms with Crippen molar-refractivity contribution in [3.8, 4) is 0 Å². The molecule has 0 saturated carbocycles. The standard InChI is InChI=1S/C25H35IN2O12S/c1-10(2)23(34)37-9-13-16(30)19(15(28-11(3)29)24(36-5)38-13)39-25-18(32)17(31)20(35-4)21(40-25)22(33)27-8-12-6-7-14(26)41-12/h6-7,13,15-21,24-25,30-32H,1,8-9H2,2-5H3,(H,27,33)(H,28,29)/t13?,15-,16+,17+,18-,19+,20-,21?,24?,25?/m0/s1. The van der Waals surface area contributed by atoms with Gasteiger partial charge in [-0.05, 0) is 41.6 Å². The lowest BCUT2D eigenvalue weighted by atomic mass is 9.95. The zero-order valence-corrected chi connectivity index (χ0v) is 25.8. The van der Waals surface area contributed by atoms with Gasteiger partial charge < -0.3 is 54.4 Å². The minimum absolute atomic E-state index is 0.126. The van der Waals surface area contributed by atoms with Crippen LogP contribution >= 0.6 is 33.9 Å². The SMILES string of the molecule is C=C(C)C(=O)OCC1OC(OC)[C@@H](NC(C)=O)[C@@H](OC2OC(C(=O)NCc3ccc(I)s3)[C@@H](OC)[C@H](O)[C@@H]2O)[C@@H]1O. The average molecular weight is 715 g/mol. The fourth-order valence-corrected chi connectivity index (χ4v) is 6.08. The number of halogens is 1. The maximum Gasteiger partial charge on any atom is 0.333 e. The van der Waals surface area contributed by atoms with Crippen molar-refractivity contribution in [2.45, 2.75) is 81.7 Å². The van der Waals surface area contributed by atoms with E-state index in [4.69, 9.17) is 28.4 Å². The molecule has 4 unspecified atom stereocenters. The number of hydrogen-bond donors (Lipinski definition) is 5. The number of esters is 1. The Morgan fingerprint density at radius 1 is 1.02 bits per heavy atom. The molecular formula is C25H35IN2O12S. The molecule has 1 aromatic heterocycles. The zero-order valence-electron chi connectivity index (χ0n) is 22.9. The molecular weight excluding hydrogens is 679 g/mol. The minimum atomic E-state index is -1.73. The van der Waals surface area contributed by atoms with Crippen LogP contribution in [0.1, 0.15) is 18.7 Å². The van der Waals surface area contributed by atoms with Crippen LogP contribution < -0.4 is 10.6 Å². The van der Waals surface area contributed by atoms with Crippen LogP contribution in [-0.4, -0.2) is 115 Å². The van der Waals surface area contributed by atoms with Crippen LogP contribution in [0.25, 0.3) is 0 Å². The number of rotatable bonds is 11. The molecule has 0 aromatic carbocycles. The Balaban J connectivity index is 1.82. The van der Waals surface area contributed by atoms with Crippen molar-refractivity contribution < 1.29 is 58.1 Å². The highest BCUT2D eigenvalue weighted by molar-refractivity contribution is 14.1. The Labute approximate surface area is 254 Å². The molecule has 2 aliphatic rings. The summed E-state index contributed by atoms with van der Waals surface area (Å²) in [5.74, 6) is -1.87. The quantitative estimate of drug-likeness (QED) is 0.109. The van der Waals surface area contributed by atoms with Crippen molar-refractivity contribution >= 4 is 51.7 Å². The summed E-state index contributed by atoms with van der Waals surface area (Å²) in [6.07, 6.45) is -13.0. The van der Waals surface area contributed by atoms with Gasteiger partial charge in [0, 0.05) is 31.6 Å². The van der Waals surface area contributed by atoms with Gasteiger partial charge in [0.25, 0.3) is 5.91 Å². The molecule has 230 valence electrons. The van der Waals surface area contributed by atoms with E-state index >= 15 is 0 Å². The second kappa shape index (κ2) is 15.1. The van der Waals surface area contributed by atoms with Crippen LogP contribution in [0.3, 0.4) is 0 Å². The van der Waals surface area contributed by atoms with Gasteiger partial charge in [0.1, 0.15) is 49.3 Å². The first-order valence-electron chi connectivity index (χ1n) is 12.6. The van der Waals surface area contributed by atoms with E-state index in [0.717, 1.165) is 7.76 Å². The van der Waals surface area contributed by atoms with Crippen LogP contribution in [0.2, 0.25) is 0 Å². The first-order valence-corrected chi connectivity index (χ1v) is 14.4.